The molecule has 0 saturated heterocycles. The van der Waals surface area contributed by atoms with Crippen molar-refractivity contribution in [1.29, 1.82) is 0 Å². The zero-order valence-corrected chi connectivity index (χ0v) is 10.0. The van der Waals surface area contributed by atoms with Crippen molar-refractivity contribution in [3.63, 3.8) is 0 Å². The third-order valence-electron chi connectivity index (χ3n) is 2.58. The SMILES string of the molecule is CC(CO)CNCc1ccccc1CC(=O)O. The Bertz CT molecular complexity index is 365. The van der Waals surface area contributed by atoms with Gasteiger partial charge in [-0.25, -0.2) is 0 Å². The van der Waals surface area contributed by atoms with Crippen molar-refractivity contribution in [1.82, 2.24) is 5.32 Å². The van der Waals surface area contributed by atoms with Crippen molar-refractivity contribution < 1.29 is 15.0 Å². The molecule has 0 aliphatic heterocycles. The molecule has 17 heavy (non-hydrogen) atoms. The van der Waals surface area contributed by atoms with Crippen molar-refractivity contribution in [3.05, 3.63) is 35.4 Å². The highest BCUT2D eigenvalue weighted by Crippen LogP contribution is 2.09. The summed E-state index contributed by atoms with van der Waals surface area (Å²) in [5.74, 6) is -0.609. The van der Waals surface area contributed by atoms with Crippen LogP contribution in [0.15, 0.2) is 24.3 Å². The smallest absolute Gasteiger partial charge is 0.307 e. The predicted molar refractivity (Wildman–Crippen MR) is 65.7 cm³/mol. The van der Waals surface area contributed by atoms with Gasteiger partial charge < -0.3 is 15.5 Å². The molecular formula is C13H19NO3. The lowest BCUT2D eigenvalue weighted by atomic mass is 10.0. The number of aliphatic hydroxyl groups is 1. The van der Waals surface area contributed by atoms with E-state index in [9.17, 15) is 4.79 Å². The minimum Gasteiger partial charge on any atom is -0.481 e. The molecule has 0 aliphatic rings. The predicted octanol–water partition coefficient (Wildman–Crippen LogP) is 1.03. The minimum absolute atomic E-state index is 0.0490. The van der Waals surface area contributed by atoms with Crippen LogP contribution in [0.5, 0.6) is 0 Å². The largest absolute Gasteiger partial charge is 0.481 e. The van der Waals surface area contributed by atoms with Gasteiger partial charge in [0.1, 0.15) is 0 Å². The van der Waals surface area contributed by atoms with Gasteiger partial charge in [-0.2, -0.15) is 0 Å². The first-order valence-electron chi connectivity index (χ1n) is 5.73. The van der Waals surface area contributed by atoms with Gasteiger partial charge in [0.15, 0.2) is 0 Å². The van der Waals surface area contributed by atoms with E-state index in [0.717, 1.165) is 17.7 Å². The molecule has 0 bridgehead atoms. The number of benzene rings is 1. The van der Waals surface area contributed by atoms with E-state index in [4.69, 9.17) is 10.2 Å². The molecule has 0 heterocycles. The summed E-state index contributed by atoms with van der Waals surface area (Å²) in [6.07, 6.45) is 0.0490. The van der Waals surface area contributed by atoms with Crippen LogP contribution in [0.1, 0.15) is 18.1 Å². The van der Waals surface area contributed by atoms with Crippen LogP contribution in [-0.4, -0.2) is 29.3 Å². The van der Waals surface area contributed by atoms with Gasteiger partial charge in [-0.05, 0) is 17.0 Å². The Morgan fingerprint density at radius 2 is 2.00 bits per heavy atom. The van der Waals surface area contributed by atoms with E-state index in [0.29, 0.717) is 6.54 Å². The highest BCUT2D eigenvalue weighted by atomic mass is 16.4. The fourth-order valence-corrected chi connectivity index (χ4v) is 1.58. The van der Waals surface area contributed by atoms with E-state index in [1.54, 1.807) is 0 Å². The molecule has 1 rings (SSSR count). The lowest BCUT2D eigenvalue weighted by Crippen LogP contribution is -2.23. The number of carbonyl (C=O) groups is 1. The van der Waals surface area contributed by atoms with Gasteiger partial charge in [-0.15, -0.1) is 0 Å². The van der Waals surface area contributed by atoms with Gasteiger partial charge in [-0.1, -0.05) is 31.2 Å². The maximum atomic E-state index is 10.7. The molecule has 1 aromatic carbocycles. The van der Waals surface area contributed by atoms with Crippen molar-refractivity contribution in [2.24, 2.45) is 5.92 Å². The van der Waals surface area contributed by atoms with Crippen molar-refractivity contribution in [3.8, 4) is 0 Å². The summed E-state index contributed by atoms with van der Waals surface area (Å²) in [7, 11) is 0. The number of rotatable bonds is 7. The Labute approximate surface area is 101 Å². The Balaban J connectivity index is 2.54. The Morgan fingerprint density at radius 3 is 2.59 bits per heavy atom. The Morgan fingerprint density at radius 1 is 1.35 bits per heavy atom. The minimum atomic E-state index is -0.818. The summed E-state index contributed by atoms with van der Waals surface area (Å²) in [6.45, 7) is 3.46. The molecule has 0 spiro atoms. The number of aliphatic hydroxyl groups excluding tert-OH is 1. The molecule has 3 N–H and O–H groups in total. The molecular weight excluding hydrogens is 218 g/mol. The normalized spacial score (nSPS) is 12.4. The lowest BCUT2D eigenvalue weighted by Gasteiger charge is -2.11. The van der Waals surface area contributed by atoms with E-state index in [1.165, 1.54) is 0 Å². The second-order valence-electron chi connectivity index (χ2n) is 4.26. The molecule has 0 amide bonds. The first kappa shape index (κ1) is 13.7. The summed E-state index contributed by atoms with van der Waals surface area (Å²) < 4.78 is 0. The highest BCUT2D eigenvalue weighted by molar-refractivity contribution is 5.70. The van der Waals surface area contributed by atoms with E-state index in [1.807, 2.05) is 31.2 Å². The van der Waals surface area contributed by atoms with Crippen LogP contribution in [0, 0.1) is 5.92 Å². The quantitative estimate of drug-likeness (QED) is 0.662. The molecule has 0 saturated carbocycles. The zero-order chi connectivity index (χ0) is 12.7. The first-order chi connectivity index (χ1) is 8.13. The van der Waals surface area contributed by atoms with Crippen LogP contribution >= 0.6 is 0 Å². The summed E-state index contributed by atoms with van der Waals surface area (Å²) in [4.78, 5) is 10.7. The van der Waals surface area contributed by atoms with Crippen LogP contribution in [0.2, 0.25) is 0 Å². The van der Waals surface area contributed by atoms with Gasteiger partial charge >= 0.3 is 5.97 Å². The van der Waals surface area contributed by atoms with E-state index < -0.39 is 5.97 Å². The molecule has 4 heteroatoms. The van der Waals surface area contributed by atoms with Crippen LogP contribution in [0.4, 0.5) is 0 Å². The van der Waals surface area contributed by atoms with Crippen molar-refractivity contribution in [2.45, 2.75) is 19.9 Å². The number of carboxylic acids is 1. The number of nitrogens with one attached hydrogen (secondary N) is 1. The van der Waals surface area contributed by atoms with Crippen molar-refractivity contribution >= 4 is 5.97 Å². The van der Waals surface area contributed by atoms with Gasteiger partial charge in [-0.3, -0.25) is 4.79 Å². The van der Waals surface area contributed by atoms with Crippen LogP contribution in [0.3, 0.4) is 0 Å². The van der Waals surface area contributed by atoms with E-state index >= 15 is 0 Å². The molecule has 4 nitrogen and oxygen atoms in total. The summed E-state index contributed by atoms with van der Waals surface area (Å²) in [5, 5.41) is 20.9. The third kappa shape index (κ3) is 4.97. The van der Waals surface area contributed by atoms with E-state index in [-0.39, 0.29) is 18.9 Å². The van der Waals surface area contributed by atoms with Gasteiger partial charge in [0.2, 0.25) is 0 Å². The molecule has 1 unspecified atom stereocenters. The van der Waals surface area contributed by atoms with Crippen molar-refractivity contribution in [2.75, 3.05) is 13.2 Å². The van der Waals surface area contributed by atoms with E-state index in [2.05, 4.69) is 5.32 Å². The maximum Gasteiger partial charge on any atom is 0.307 e. The van der Waals surface area contributed by atoms with Gasteiger partial charge in [0.25, 0.3) is 0 Å². The average Bonchev–Trinajstić information content (AvgIpc) is 2.30. The molecule has 94 valence electrons. The van der Waals surface area contributed by atoms with Crippen LogP contribution in [-0.2, 0) is 17.8 Å². The lowest BCUT2D eigenvalue weighted by molar-refractivity contribution is -0.136. The standard InChI is InChI=1S/C13H19NO3/c1-10(9-15)7-14-8-12-5-3-2-4-11(12)6-13(16)17/h2-5,10,14-15H,6-9H2,1H3,(H,16,17). The summed E-state index contributed by atoms with van der Waals surface area (Å²) >= 11 is 0. The van der Waals surface area contributed by atoms with Gasteiger partial charge in [0, 0.05) is 19.7 Å². The first-order valence-corrected chi connectivity index (χ1v) is 5.73. The topological polar surface area (TPSA) is 69.6 Å². The monoisotopic (exact) mass is 237 g/mol. The molecule has 1 atom stereocenters. The molecule has 1 aromatic rings. The Hall–Kier alpha value is -1.39. The number of hydrogen-bond acceptors (Lipinski definition) is 3. The second kappa shape index (κ2) is 7.04. The zero-order valence-electron chi connectivity index (χ0n) is 10.0. The molecule has 0 aromatic heterocycles. The van der Waals surface area contributed by atoms with Gasteiger partial charge in [0.05, 0.1) is 6.42 Å². The number of carboxylic acid groups (broad SMARTS) is 1. The fourth-order valence-electron chi connectivity index (χ4n) is 1.58. The second-order valence-corrected chi connectivity index (χ2v) is 4.26. The third-order valence-corrected chi connectivity index (χ3v) is 2.58. The van der Waals surface area contributed by atoms with Crippen LogP contribution in [0.25, 0.3) is 0 Å². The Kier molecular flexibility index (Phi) is 5.66. The summed E-state index contributed by atoms with van der Waals surface area (Å²) in [6, 6.07) is 7.51. The van der Waals surface area contributed by atoms with Crippen LogP contribution < -0.4 is 5.32 Å². The number of hydrogen-bond donors (Lipinski definition) is 3. The molecule has 0 radical (unpaired) electrons. The maximum absolute atomic E-state index is 10.7. The highest BCUT2D eigenvalue weighted by Gasteiger charge is 2.06. The average molecular weight is 237 g/mol. The molecule has 0 fully saturated rings. The summed E-state index contributed by atoms with van der Waals surface area (Å²) in [5.41, 5.74) is 1.84. The number of aliphatic carboxylic acids is 1. The fraction of sp³-hybridized carbons (Fsp3) is 0.462. The molecule has 0 aliphatic carbocycles.